The zero-order valence-electron chi connectivity index (χ0n) is 8.18. The molecule has 0 aliphatic heterocycles. The maximum atomic E-state index is 13.4. The van der Waals surface area contributed by atoms with Gasteiger partial charge in [0.15, 0.2) is 0 Å². The Morgan fingerprint density at radius 2 is 2.12 bits per heavy atom. The zero-order valence-corrected chi connectivity index (χ0v) is 8.94. The molecular weight excluding hydrogens is 264 g/mol. The van der Waals surface area contributed by atoms with E-state index in [2.05, 4.69) is 9.72 Å². The number of rotatable bonds is 3. The predicted octanol–water partition coefficient (Wildman–Crippen LogP) is 2.92. The Balaban J connectivity index is 3.14. The fourth-order valence-corrected chi connectivity index (χ4v) is 1.33. The largest absolute Gasteiger partial charge is 0.574 e. The van der Waals surface area contributed by atoms with Crippen LogP contribution in [0.5, 0.6) is 5.88 Å². The predicted molar refractivity (Wildman–Crippen MR) is 49.8 cm³/mol. The number of alkyl halides is 4. The molecule has 0 saturated carbocycles. The van der Waals surface area contributed by atoms with Crippen LogP contribution in [0, 0.1) is 17.1 Å². The van der Waals surface area contributed by atoms with Gasteiger partial charge in [-0.2, -0.15) is 5.26 Å². The summed E-state index contributed by atoms with van der Waals surface area (Å²) in [6, 6.07) is 2.13. The highest BCUT2D eigenvalue weighted by Gasteiger charge is 2.32. The van der Waals surface area contributed by atoms with E-state index in [1.54, 1.807) is 6.07 Å². The molecule has 8 heteroatoms. The van der Waals surface area contributed by atoms with Crippen molar-refractivity contribution >= 4 is 11.6 Å². The summed E-state index contributed by atoms with van der Waals surface area (Å²) >= 11 is 5.41. The van der Waals surface area contributed by atoms with Gasteiger partial charge in [0.1, 0.15) is 5.82 Å². The second-order valence-corrected chi connectivity index (χ2v) is 3.15. The van der Waals surface area contributed by atoms with Crippen molar-refractivity contribution in [1.82, 2.24) is 4.98 Å². The van der Waals surface area contributed by atoms with E-state index < -0.39 is 18.1 Å². The number of nitriles is 1. The van der Waals surface area contributed by atoms with Crippen LogP contribution >= 0.6 is 11.6 Å². The number of hydrogen-bond donors (Lipinski definition) is 0. The van der Waals surface area contributed by atoms with Crippen molar-refractivity contribution in [2.24, 2.45) is 0 Å². The van der Waals surface area contributed by atoms with Crippen molar-refractivity contribution in [3.05, 3.63) is 23.1 Å². The van der Waals surface area contributed by atoms with Crippen LogP contribution in [0.3, 0.4) is 0 Å². The summed E-state index contributed by atoms with van der Waals surface area (Å²) < 4.78 is 52.5. The van der Waals surface area contributed by atoms with Crippen molar-refractivity contribution in [1.29, 1.82) is 5.26 Å². The van der Waals surface area contributed by atoms with Crippen LogP contribution in [-0.4, -0.2) is 11.3 Å². The second-order valence-electron chi connectivity index (χ2n) is 2.88. The van der Waals surface area contributed by atoms with E-state index in [4.69, 9.17) is 16.9 Å². The van der Waals surface area contributed by atoms with Gasteiger partial charge in [-0.15, -0.1) is 24.8 Å². The van der Waals surface area contributed by atoms with Gasteiger partial charge in [0.25, 0.3) is 0 Å². The molecule has 0 atom stereocenters. The third-order valence-electron chi connectivity index (χ3n) is 1.73. The fourth-order valence-electron chi connectivity index (χ4n) is 1.11. The summed E-state index contributed by atoms with van der Waals surface area (Å²) in [7, 11) is 0. The number of nitrogens with zero attached hydrogens (tertiary/aromatic N) is 2. The van der Waals surface area contributed by atoms with E-state index in [0.717, 1.165) is 0 Å². The van der Waals surface area contributed by atoms with E-state index in [1.165, 1.54) is 0 Å². The number of ether oxygens (including phenoxy) is 1. The lowest BCUT2D eigenvalue weighted by Gasteiger charge is -2.11. The zero-order chi connectivity index (χ0) is 13.1. The average molecular weight is 269 g/mol. The maximum Gasteiger partial charge on any atom is 0.574 e. The van der Waals surface area contributed by atoms with E-state index in [1.807, 2.05) is 0 Å². The van der Waals surface area contributed by atoms with Gasteiger partial charge in [-0.3, -0.25) is 0 Å². The molecule has 0 aliphatic rings. The molecule has 1 heterocycles. The molecule has 0 saturated heterocycles. The van der Waals surface area contributed by atoms with Gasteiger partial charge in [0.2, 0.25) is 5.88 Å². The highest BCUT2D eigenvalue weighted by Crippen LogP contribution is 2.25. The highest BCUT2D eigenvalue weighted by molar-refractivity contribution is 6.17. The van der Waals surface area contributed by atoms with Crippen LogP contribution in [0.2, 0.25) is 0 Å². The smallest absolute Gasteiger partial charge is 0.388 e. The number of aromatic nitrogens is 1. The molecule has 0 amide bonds. The standard InChI is InChI=1S/C9H5ClF4N2O/c10-4-7-5(1-2-15)6(11)3-8(16-7)17-9(12,13)14/h3H,1,4H2. The second kappa shape index (κ2) is 5.19. The Morgan fingerprint density at radius 3 is 2.59 bits per heavy atom. The van der Waals surface area contributed by atoms with Crippen LogP contribution in [0.1, 0.15) is 11.3 Å². The monoisotopic (exact) mass is 268 g/mol. The van der Waals surface area contributed by atoms with Gasteiger partial charge in [0, 0.05) is 11.6 Å². The molecule has 0 N–H and O–H groups in total. The summed E-state index contributed by atoms with van der Waals surface area (Å²) in [6.07, 6.45) is -5.28. The Morgan fingerprint density at radius 1 is 1.47 bits per heavy atom. The van der Waals surface area contributed by atoms with Crippen molar-refractivity contribution in [2.75, 3.05) is 0 Å². The quantitative estimate of drug-likeness (QED) is 0.625. The molecular formula is C9H5ClF4N2O. The molecule has 92 valence electrons. The van der Waals surface area contributed by atoms with Gasteiger partial charge in [0.05, 0.1) is 24.1 Å². The van der Waals surface area contributed by atoms with E-state index in [0.29, 0.717) is 6.07 Å². The average Bonchev–Trinajstić information content (AvgIpc) is 2.19. The molecule has 1 aromatic heterocycles. The van der Waals surface area contributed by atoms with Gasteiger partial charge in [-0.25, -0.2) is 9.37 Å². The van der Waals surface area contributed by atoms with Gasteiger partial charge < -0.3 is 4.74 Å². The molecule has 0 radical (unpaired) electrons. The molecule has 0 aliphatic carbocycles. The lowest BCUT2D eigenvalue weighted by Crippen LogP contribution is -2.18. The Kier molecular flexibility index (Phi) is 4.12. The lowest BCUT2D eigenvalue weighted by molar-refractivity contribution is -0.276. The van der Waals surface area contributed by atoms with Crippen LogP contribution in [-0.2, 0) is 12.3 Å². The van der Waals surface area contributed by atoms with Crippen molar-refractivity contribution < 1.29 is 22.3 Å². The minimum Gasteiger partial charge on any atom is -0.388 e. The number of pyridine rings is 1. The van der Waals surface area contributed by atoms with E-state index in [9.17, 15) is 17.6 Å². The Labute approximate surface area is 98.6 Å². The summed E-state index contributed by atoms with van der Waals surface area (Å²) in [6.45, 7) is 0. The maximum absolute atomic E-state index is 13.4. The van der Waals surface area contributed by atoms with Crippen LogP contribution in [0.4, 0.5) is 17.6 Å². The third-order valence-corrected chi connectivity index (χ3v) is 1.99. The molecule has 3 nitrogen and oxygen atoms in total. The summed E-state index contributed by atoms with van der Waals surface area (Å²) in [5, 5.41) is 8.42. The first-order valence-electron chi connectivity index (χ1n) is 4.24. The fraction of sp³-hybridized carbons (Fsp3) is 0.333. The molecule has 1 aromatic rings. The normalized spacial score (nSPS) is 11.1. The van der Waals surface area contributed by atoms with Gasteiger partial charge in [-0.05, 0) is 0 Å². The highest BCUT2D eigenvalue weighted by atomic mass is 35.5. The molecule has 0 aromatic carbocycles. The molecule has 0 unspecified atom stereocenters. The SMILES string of the molecule is N#CCc1c(F)cc(OC(F)(F)F)nc1CCl. The number of hydrogen-bond acceptors (Lipinski definition) is 3. The number of halogens is 5. The van der Waals surface area contributed by atoms with Crippen LogP contribution in [0.15, 0.2) is 6.07 Å². The first-order valence-corrected chi connectivity index (χ1v) is 4.77. The topological polar surface area (TPSA) is 45.9 Å². The summed E-state index contributed by atoms with van der Waals surface area (Å²) in [5.41, 5.74) is -0.274. The van der Waals surface area contributed by atoms with Gasteiger partial charge in [-0.1, -0.05) is 0 Å². The molecule has 17 heavy (non-hydrogen) atoms. The first kappa shape index (κ1) is 13.5. The molecule has 0 fully saturated rings. The lowest BCUT2D eigenvalue weighted by atomic mass is 10.1. The van der Waals surface area contributed by atoms with Crippen molar-refractivity contribution in [3.63, 3.8) is 0 Å². The summed E-state index contributed by atoms with van der Waals surface area (Å²) in [5.74, 6) is -2.26. The summed E-state index contributed by atoms with van der Waals surface area (Å²) in [4.78, 5) is 3.39. The third kappa shape index (κ3) is 3.75. The van der Waals surface area contributed by atoms with Crippen molar-refractivity contribution in [3.8, 4) is 11.9 Å². The first-order chi connectivity index (χ1) is 7.87. The minimum atomic E-state index is -4.96. The van der Waals surface area contributed by atoms with Gasteiger partial charge >= 0.3 is 6.36 Å². The molecule has 1 rings (SSSR count). The van der Waals surface area contributed by atoms with E-state index >= 15 is 0 Å². The van der Waals surface area contributed by atoms with Crippen LogP contribution in [0.25, 0.3) is 0 Å². The van der Waals surface area contributed by atoms with Crippen molar-refractivity contribution in [2.45, 2.75) is 18.7 Å². The Bertz CT molecular complexity index is 456. The molecule has 0 spiro atoms. The Hall–Kier alpha value is -1.55. The van der Waals surface area contributed by atoms with E-state index in [-0.39, 0.29) is 23.6 Å². The molecule has 0 bridgehead atoms. The minimum absolute atomic E-state index is 0.128. The van der Waals surface area contributed by atoms with Crippen LogP contribution < -0.4 is 4.74 Å².